The van der Waals surface area contributed by atoms with Crippen LogP contribution in [0.25, 0.3) is 0 Å². The van der Waals surface area contributed by atoms with Crippen molar-refractivity contribution in [2.75, 3.05) is 26.7 Å². The summed E-state index contributed by atoms with van der Waals surface area (Å²) in [7, 11) is 2.01. The molecule has 0 radical (unpaired) electrons. The third-order valence-electron chi connectivity index (χ3n) is 8.39. The SMILES string of the molecule is CNC[C@H](CCCCCC[C@](O)(CN[C@]1(C)CCN[C@H](N)C1)CC(=O)O)CC[C@@H]1CC[C@@H](O)[C@H](C)N1. The molecule has 7 atom stereocenters. The number of β-amino-alcohol motifs (C(OH)–C–C–N with tert-alkyl or cyclic N) is 1. The second-order valence-corrected chi connectivity index (χ2v) is 12.0. The lowest BCUT2D eigenvalue weighted by Gasteiger charge is -2.41. The zero-order chi connectivity index (χ0) is 26.6. The third-order valence-corrected chi connectivity index (χ3v) is 8.39. The average molecular weight is 514 g/mol. The highest BCUT2D eigenvalue weighted by atomic mass is 16.4. The Morgan fingerprint density at radius 2 is 1.97 bits per heavy atom. The van der Waals surface area contributed by atoms with Crippen LogP contribution in [0, 0.1) is 5.92 Å². The van der Waals surface area contributed by atoms with Gasteiger partial charge in [0.05, 0.1) is 24.3 Å². The molecule has 2 saturated heterocycles. The van der Waals surface area contributed by atoms with E-state index in [1.54, 1.807) is 0 Å². The van der Waals surface area contributed by atoms with Crippen molar-refractivity contribution in [1.82, 2.24) is 21.3 Å². The van der Waals surface area contributed by atoms with Gasteiger partial charge in [0.1, 0.15) is 0 Å². The van der Waals surface area contributed by atoms with Crippen LogP contribution in [0.1, 0.15) is 97.3 Å². The molecule has 36 heavy (non-hydrogen) atoms. The Kier molecular flexibility index (Phi) is 13.6. The van der Waals surface area contributed by atoms with Crippen LogP contribution in [0.4, 0.5) is 0 Å². The van der Waals surface area contributed by atoms with Gasteiger partial charge >= 0.3 is 5.97 Å². The van der Waals surface area contributed by atoms with Crippen LogP contribution in [0.15, 0.2) is 0 Å². The number of piperidine rings is 2. The molecule has 0 saturated carbocycles. The zero-order valence-electron chi connectivity index (χ0n) is 23.0. The summed E-state index contributed by atoms with van der Waals surface area (Å²) in [6.45, 7) is 6.28. The van der Waals surface area contributed by atoms with Gasteiger partial charge in [0.25, 0.3) is 0 Å². The Balaban J connectivity index is 1.68. The molecule has 0 bridgehead atoms. The molecule has 2 heterocycles. The molecule has 0 spiro atoms. The number of rotatable bonds is 17. The summed E-state index contributed by atoms with van der Waals surface area (Å²) in [6.07, 6.45) is 11.1. The van der Waals surface area contributed by atoms with E-state index < -0.39 is 11.6 Å². The summed E-state index contributed by atoms with van der Waals surface area (Å²) in [6, 6.07) is 0.688. The lowest BCUT2D eigenvalue weighted by atomic mass is 9.86. The number of unbranched alkanes of at least 4 members (excludes halogenated alkanes) is 3. The van der Waals surface area contributed by atoms with Gasteiger partial charge in [-0.3, -0.25) is 4.79 Å². The summed E-state index contributed by atoms with van der Waals surface area (Å²) in [5, 5.41) is 44.0. The van der Waals surface area contributed by atoms with Crippen molar-refractivity contribution in [2.45, 2.75) is 133 Å². The number of aliphatic hydroxyl groups excluding tert-OH is 1. The van der Waals surface area contributed by atoms with Crippen molar-refractivity contribution in [2.24, 2.45) is 11.7 Å². The van der Waals surface area contributed by atoms with Crippen molar-refractivity contribution in [3.63, 3.8) is 0 Å². The van der Waals surface area contributed by atoms with Crippen LogP contribution in [-0.4, -0.2) is 83.5 Å². The molecule has 0 unspecified atom stereocenters. The van der Waals surface area contributed by atoms with Gasteiger partial charge in [-0.25, -0.2) is 0 Å². The molecular weight excluding hydrogens is 458 g/mol. The maximum Gasteiger partial charge on any atom is 0.306 e. The standard InChI is InChI=1S/C27H55N5O4/c1-20-23(33)12-11-22(32-20)10-9-21(18-29-3)8-6-4-5-7-13-27(36,17-25(34)35)19-31-26(2)14-15-30-24(28)16-26/h20-24,29-33,36H,4-19,28H2,1-3H3,(H,34,35)/t20-,21+,22+,23+,24-,26+,27+/m0/s1. The lowest BCUT2D eigenvalue weighted by Crippen LogP contribution is -2.59. The second kappa shape index (κ2) is 15.6. The van der Waals surface area contributed by atoms with E-state index in [1.807, 2.05) is 7.05 Å². The first-order valence-corrected chi connectivity index (χ1v) is 14.3. The summed E-state index contributed by atoms with van der Waals surface area (Å²) < 4.78 is 0. The number of nitrogens with two attached hydrogens (primary N) is 1. The molecule has 0 aliphatic carbocycles. The van der Waals surface area contributed by atoms with Gasteiger partial charge in [0.2, 0.25) is 0 Å². The monoisotopic (exact) mass is 513 g/mol. The highest BCUT2D eigenvalue weighted by Crippen LogP contribution is 2.25. The maximum absolute atomic E-state index is 11.4. The molecule has 2 rings (SSSR count). The molecule has 9 heteroatoms. The van der Waals surface area contributed by atoms with Gasteiger partial charge in [-0.15, -0.1) is 0 Å². The molecule has 0 aromatic rings. The topological polar surface area (TPSA) is 152 Å². The first-order valence-electron chi connectivity index (χ1n) is 14.3. The molecule has 0 amide bonds. The van der Waals surface area contributed by atoms with Crippen molar-refractivity contribution in [3.8, 4) is 0 Å². The first kappa shape index (κ1) is 31.4. The van der Waals surface area contributed by atoms with Gasteiger partial charge in [0, 0.05) is 24.2 Å². The fourth-order valence-electron chi connectivity index (χ4n) is 5.98. The highest BCUT2D eigenvalue weighted by Gasteiger charge is 2.35. The number of hydrogen-bond acceptors (Lipinski definition) is 8. The highest BCUT2D eigenvalue weighted by molar-refractivity contribution is 5.68. The van der Waals surface area contributed by atoms with Crippen LogP contribution in [0.3, 0.4) is 0 Å². The summed E-state index contributed by atoms with van der Waals surface area (Å²) >= 11 is 0. The van der Waals surface area contributed by atoms with Crippen molar-refractivity contribution < 1.29 is 20.1 Å². The number of hydrogen-bond donors (Lipinski definition) is 8. The Morgan fingerprint density at radius 1 is 1.22 bits per heavy atom. The van der Waals surface area contributed by atoms with Gasteiger partial charge in [-0.05, 0) is 91.3 Å². The van der Waals surface area contributed by atoms with Crippen LogP contribution < -0.4 is 27.0 Å². The van der Waals surface area contributed by atoms with Crippen LogP contribution in [0.2, 0.25) is 0 Å². The van der Waals surface area contributed by atoms with E-state index in [2.05, 4.69) is 35.1 Å². The molecule has 2 aliphatic rings. The number of nitrogens with one attached hydrogen (secondary N) is 4. The van der Waals surface area contributed by atoms with Crippen LogP contribution >= 0.6 is 0 Å². The molecule has 212 valence electrons. The Labute approximate surface area is 218 Å². The molecule has 0 aromatic heterocycles. The Morgan fingerprint density at radius 3 is 2.64 bits per heavy atom. The number of aliphatic carboxylic acids is 1. The predicted octanol–water partition coefficient (Wildman–Crippen LogP) is 1.67. The number of carboxylic acid groups (broad SMARTS) is 1. The summed E-state index contributed by atoms with van der Waals surface area (Å²) in [5.74, 6) is -0.318. The molecule has 9 N–H and O–H groups in total. The van der Waals surface area contributed by atoms with E-state index in [4.69, 9.17) is 5.73 Å². The summed E-state index contributed by atoms with van der Waals surface area (Å²) in [4.78, 5) is 11.4. The van der Waals surface area contributed by atoms with Gasteiger partial charge in [0.15, 0.2) is 0 Å². The smallest absolute Gasteiger partial charge is 0.306 e. The largest absolute Gasteiger partial charge is 0.481 e. The van der Waals surface area contributed by atoms with E-state index >= 15 is 0 Å². The average Bonchev–Trinajstić information content (AvgIpc) is 2.80. The number of carboxylic acids is 1. The van der Waals surface area contributed by atoms with Crippen molar-refractivity contribution in [3.05, 3.63) is 0 Å². The van der Waals surface area contributed by atoms with Gasteiger partial charge in [-0.2, -0.15) is 0 Å². The van der Waals surface area contributed by atoms with E-state index in [-0.39, 0.29) is 36.8 Å². The zero-order valence-corrected chi connectivity index (χ0v) is 23.0. The number of carbonyl (C=O) groups is 1. The van der Waals surface area contributed by atoms with Gasteiger partial charge in [-0.1, -0.05) is 25.7 Å². The molecular formula is C27H55N5O4. The summed E-state index contributed by atoms with van der Waals surface area (Å²) in [5.41, 5.74) is 4.61. The minimum Gasteiger partial charge on any atom is -0.481 e. The third kappa shape index (κ3) is 11.7. The minimum atomic E-state index is -1.24. The fraction of sp³-hybridized carbons (Fsp3) is 0.963. The fourth-order valence-corrected chi connectivity index (χ4v) is 5.98. The number of aliphatic hydroxyl groups is 2. The molecule has 9 nitrogen and oxygen atoms in total. The molecule has 0 aromatic carbocycles. The van der Waals surface area contributed by atoms with E-state index in [1.165, 1.54) is 12.8 Å². The van der Waals surface area contributed by atoms with E-state index in [9.17, 15) is 20.1 Å². The first-order chi connectivity index (χ1) is 17.0. The van der Waals surface area contributed by atoms with Gasteiger partial charge < -0.3 is 42.3 Å². The van der Waals surface area contributed by atoms with Crippen LogP contribution in [0.5, 0.6) is 0 Å². The van der Waals surface area contributed by atoms with E-state index in [0.29, 0.717) is 18.4 Å². The normalized spacial score (nSPS) is 31.6. The minimum absolute atomic E-state index is 0.0778. The van der Waals surface area contributed by atoms with E-state index in [0.717, 1.165) is 70.9 Å². The second-order valence-electron chi connectivity index (χ2n) is 12.0. The van der Waals surface area contributed by atoms with Crippen LogP contribution in [-0.2, 0) is 4.79 Å². The quantitative estimate of drug-likeness (QED) is 0.136. The Hall–Kier alpha value is -0.810. The predicted molar refractivity (Wildman–Crippen MR) is 145 cm³/mol. The maximum atomic E-state index is 11.4. The van der Waals surface area contributed by atoms with Crippen molar-refractivity contribution >= 4 is 5.97 Å². The van der Waals surface area contributed by atoms with Crippen molar-refractivity contribution in [1.29, 1.82) is 0 Å². The molecule has 2 aliphatic heterocycles. The Bertz CT molecular complexity index is 641. The molecule has 2 fully saturated rings. The lowest BCUT2D eigenvalue weighted by molar-refractivity contribution is -0.143.